The van der Waals surface area contributed by atoms with Gasteiger partial charge in [0.15, 0.2) is 0 Å². The first-order valence-corrected chi connectivity index (χ1v) is 13.6. The number of benzene rings is 2. The van der Waals surface area contributed by atoms with E-state index in [2.05, 4.69) is 40.0 Å². The summed E-state index contributed by atoms with van der Waals surface area (Å²) >= 11 is 5.90. The van der Waals surface area contributed by atoms with E-state index in [1.165, 1.54) is 17.7 Å². The standard InChI is InChI=1S/C26H33ClN2O4S/c27-22-14-16-25(17-15-22)34(32,33)28-23-19-24(12-5-2-6-13-26(30)31)29(20-23)18-8-7-11-21-9-3-1-4-10-21/h1,3-5,9-10,12,14-17,23-24,28H,2,6-8,11,13,18-20H2,(H,30,31)/t23-,24-/m1/s1. The quantitative estimate of drug-likeness (QED) is 0.299. The topological polar surface area (TPSA) is 86.7 Å². The maximum absolute atomic E-state index is 12.8. The van der Waals surface area contributed by atoms with Crippen LogP contribution in [0.4, 0.5) is 0 Å². The Morgan fingerprint density at radius 3 is 2.53 bits per heavy atom. The van der Waals surface area contributed by atoms with E-state index in [1.54, 1.807) is 12.1 Å². The summed E-state index contributed by atoms with van der Waals surface area (Å²) in [6, 6.07) is 16.5. The average Bonchev–Trinajstić information content (AvgIpc) is 3.17. The van der Waals surface area contributed by atoms with Gasteiger partial charge in [0.1, 0.15) is 0 Å². The smallest absolute Gasteiger partial charge is 0.303 e. The number of allylic oxidation sites excluding steroid dienone is 1. The highest BCUT2D eigenvalue weighted by Gasteiger charge is 2.32. The van der Waals surface area contributed by atoms with Gasteiger partial charge < -0.3 is 5.11 Å². The van der Waals surface area contributed by atoms with Crippen molar-refractivity contribution in [3.63, 3.8) is 0 Å². The fourth-order valence-corrected chi connectivity index (χ4v) is 5.66. The highest BCUT2D eigenvalue weighted by Crippen LogP contribution is 2.23. The van der Waals surface area contributed by atoms with E-state index in [-0.39, 0.29) is 23.4 Å². The van der Waals surface area contributed by atoms with Crippen LogP contribution in [0.3, 0.4) is 0 Å². The van der Waals surface area contributed by atoms with Gasteiger partial charge in [-0.25, -0.2) is 13.1 Å². The molecule has 1 aliphatic rings. The molecule has 34 heavy (non-hydrogen) atoms. The molecule has 1 aliphatic heterocycles. The Bertz CT molecular complexity index is 1040. The van der Waals surface area contributed by atoms with Crippen LogP contribution in [0.25, 0.3) is 0 Å². The lowest BCUT2D eigenvalue weighted by Crippen LogP contribution is -2.37. The molecule has 1 fully saturated rings. The van der Waals surface area contributed by atoms with Gasteiger partial charge in [0.25, 0.3) is 0 Å². The lowest BCUT2D eigenvalue weighted by atomic mass is 10.1. The van der Waals surface area contributed by atoms with Gasteiger partial charge >= 0.3 is 5.97 Å². The molecule has 184 valence electrons. The zero-order chi connectivity index (χ0) is 24.4. The first-order chi connectivity index (χ1) is 16.3. The SMILES string of the molecule is O=C(O)CCCC=C[C@@H]1C[C@@H](NS(=O)(=O)c2ccc(Cl)cc2)CN1CCCCc1ccccc1. The van der Waals surface area contributed by atoms with E-state index in [4.69, 9.17) is 16.7 Å². The number of halogens is 1. The van der Waals surface area contributed by atoms with Crippen molar-refractivity contribution in [2.45, 2.75) is 61.9 Å². The van der Waals surface area contributed by atoms with Crippen molar-refractivity contribution < 1.29 is 18.3 Å². The number of hydrogen-bond donors (Lipinski definition) is 2. The minimum atomic E-state index is -3.63. The van der Waals surface area contributed by atoms with Crippen LogP contribution in [0, 0.1) is 0 Å². The van der Waals surface area contributed by atoms with Gasteiger partial charge in [-0.1, -0.05) is 54.1 Å². The second kappa shape index (κ2) is 13.0. The predicted octanol–water partition coefficient (Wildman–Crippen LogP) is 4.90. The Balaban J connectivity index is 1.58. The zero-order valence-electron chi connectivity index (χ0n) is 19.3. The van der Waals surface area contributed by atoms with Crippen LogP contribution in [0.2, 0.25) is 5.02 Å². The van der Waals surface area contributed by atoms with E-state index in [9.17, 15) is 13.2 Å². The number of nitrogens with zero attached hydrogens (tertiary/aromatic N) is 1. The summed E-state index contributed by atoms with van der Waals surface area (Å²) < 4.78 is 28.6. The first kappa shape index (κ1) is 26.4. The van der Waals surface area contributed by atoms with Gasteiger partial charge in [-0.05, 0) is 74.9 Å². The van der Waals surface area contributed by atoms with Crippen molar-refractivity contribution in [2.75, 3.05) is 13.1 Å². The summed E-state index contributed by atoms with van der Waals surface area (Å²) in [5.74, 6) is -0.786. The molecule has 0 aliphatic carbocycles. The van der Waals surface area contributed by atoms with Gasteiger partial charge in [0.2, 0.25) is 10.0 Å². The number of aryl methyl sites for hydroxylation is 1. The van der Waals surface area contributed by atoms with E-state index in [0.717, 1.165) is 25.8 Å². The summed E-state index contributed by atoms with van der Waals surface area (Å²) in [6.07, 6.45) is 9.38. The molecule has 8 heteroatoms. The lowest BCUT2D eigenvalue weighted by Gasteiger charge is -2.21. The third kappa shape index (κ3) is 8.55. The molecule has 1 saturated heterocycles. The number of likely N-dealkylation sites (tertiary alicyclic amines) is 1. The Hall–Kier alpha value is -2.19. The molecule has 0 radical (unpaired) electrons. The summed E-state index contributed by atoms with van der Waals surface area (Å²) in [5.41, 5.74) is 1.33. The maximum atomic E-state index is 12.8. The normalized spacial score (nSPS) is 19.1. The minimum absolute atomic E-state index is 0.125. The molecule has 2 aromatic carbocycles. The molecule has 0 unspecified atom stereocenters. The second-order valence-corrected chi connectivity index (χ2v) is 10.9. The average molecular weight is 505 g/mol. The summed E-state index contributed by atoms with van der Waals surface area (Å²) in [6.45, 7) is 1.53. The highest BCUT2D eigenvalue weighted by molar-refractivity contribution is 7.89. The number of unbranched alkanes of at least 4 members (excludes halogenated alkanes) is 2. The molecule has 0 amide bonds. The molecular weight excluding hydrogens is 472 g/mol. The third-order valence-electron chi connectivity index (χ3n) is 6.02. The van der Waals surface area contributed by atoms with E-state index in [0.29, 0.717) is 30.8 Å². The maximum Gasteiger partial charge on any atom is 0.303 e. The number of carboxylic acids is 1. The number of aliphatic carboxylic acids is 1. The van der Waals surface area contributed by atoms with Crippen molar-refractivity contribution in [1.82, 2.24) is 9.62 Å². The van der Waals surface area contributed by atoms with Gasteiger partial charge in [0.05, 0.1) is 4.90 Å². The van der Waals surface area contributed by atoms with Crippen molar-refractivity contribution in [3.8, 4) is 0 Å². The van der Waals surface area contributed by atoms with E-state index in [1.807, 2.05) is 12.1 Å². The van der Waals surface area contributed by atoms with Crippen LogP contribution < -0.4 is 4.72 Å². The number of hydrogen-bond acceptors (Lipinski definition) is 4. The molecule has 2 aromatic rings. The van der Waals surface area contributed by atoms with Crippen LogP contribution in [-0.4, -0.2) is 49.6 Å². The third-order valence-corrected chi connectivity index (χ3v) is 7.81. The lowest BCUT2D eigenvalue weighted by molar-refractivity contribution is -0.137. The molecule has 0 bridgehead atoms. The summed E-state index contributed by atoms with van der Waals surface area (Å²) in [5, 5.41) is 9.31. The molecular formula is C26H33ClN2O4S. The molecule has 0 spiro atoms. The van der Waals surface area contributed by atoms with E-state index < -0.39 is 16.0 Å². The molecule has 6 nitrogen and oxygen atoms in total. The Morgan fingerprint density at radius 2 is 1.82 bits per heavy atom. The Kier molecular flexibility index (Phi) is 10.1. The first-order valence-electron chi connectivity index (χ1n) is 11.8. The van der Waals surface area contributed by atoms with Crippen molar-refractivity contribution >= 4 is 27.6 Å². The number of carboxylic acid groups (broad SMARTS) is 1. The largest absolute Gasteiger partial charge is 0.481 e. The highest BCUT2D eigenvalue weighted by atomic mass is 35.5. The number of rotatable bonds is 13. The van der Waals surface area contributed by atoms with Gasteiger partial charge in [-0.3, -0.25) is 9.69 Å². The van der Waals surface area contributed by atoms with E-state index >= 15 is 0 Å². The van der Waals surface area contributed by atoms with Gasteiger partial charge in [0, 0.05) is 30.1 Å². The molecule has 0 saturated carbocycles. The summed E-state index contributed by atoms with van der Waals surface area (Å²) in [7, 11) is -3.63. The predicted molar refractivity (Wildman–Crippen MR) is 136 cm³/mol. The monoisotopic (exact) mass is 504 g/mol. The van der Waals surface area contributed by atoms with Crippen molar-refractivity contribution in [3.05, 3.63) is 77.3 Å². The summed E-state index contributed by atoms with van der Waals surface area (Å²) in [4.78, 5) is 13.3. The Morgan fingerprint density at radius 1 is 1.09 bits per heavy atom. The van der Waals surface area contributed by atoms with Gasteiger partial charge in [-0.2, -0.15) is 0 Å². The fourth-order valence-electron chi connectivity index (χ4n) is 4.29. The molecule has 0 aromatic heterocycles. The number of carbonyl (C=O) groups is 1. The Labute approximate surface area is 207 Å². The van der Waals surface area contributed by atoms with Crippen LogP contribution in [0.1, 0.15) is 44.1 Å². The van der Waals surface area contributed by atoms with Gasteiger partial charge in [-0.15, -0.1) is 0 Å². The van der Waals surface area contributed by atoms with Crippen LogP contribution in [-0.2, 0) is 21.2 Å². The molecule has 2 atom stereocenters. The molecule has 3 rings (SSSR count). The second-order valence-electron chi connectivity index (χ2n) is 8.73. The number of sulfonamides is 1. The van der Waals surface area contributed by atoms with Crippen LogP contribution in [0.5, 0.6) is 0 Å². The molecule has 2 N–H and O–H groups in total. The minimum Gasteiger partial charge on any atom is -0.481 e. The van der Waals surface area contributed by atoms with Crippen molar-refractivity contribution in [2.24, 2.45) is 0 Å². The van der Waals surface area contributed by atoms with Crippen molar-refractivity contribution in [1.29, 1.82) is 0 Å². The van der Waals surface area contributed by atoms with Crippen LogP contribution in [0.15, 0.2) is 71.6 Å². The molecule has 1 heterocycles. The number of nitrogens with one attached hydrogen (secondary N) is 1. The fraction of sp³-hybridized carbons (Fsp3) is 0.423. The zero-order valence-corrected chi connectivity index (χ0v) is 20.8. The van der Waals surface area contributed by atoms with Crippen LogP contribution >= 0.6 is 11.6 Å².